The van der Waals surface area contributed by atoms with E-state index in [0.29, 0.717) is 12.8 Å². The fourth-order valence-corrected chi connectivity index (χ4v) is 2.37. The molecule has 1 rings (SSSR count). The Morgan fingerprint density at radius 1 is 1.56 bits per heavy atom. The molecule has 0 saturated heterocycles. The van der Waals surface area contributed by atoms with Gasteiger partial charge in [0.15, 0.2) is 0 Å². The summed E-state index contributed by atoms with van der Waals surface area (Å²) in [6, 6.07) is 1.77. The highest BCUT2D eigenvalue weighted by molar-refractivity contribution is 7.91. The van der Waals surface area contributed by atoms with E-state index in [1.807, 2.05) is 6.07 Å². The highest BCUT2D eigenvalue weighted by Crippen LogP contribution is 2.18. The second kappa shape index (κ2) is 6.03. The maximum absolute atomic E-state index is 11.3. The Balaban J connectivity index is 2.42. The van der Waals surface area contributed by atoms with Gasteiger partial charge < -0.3 is 4.42 Å². The van der Waals surface area contributed by atoms with Gasteiger partial charge in [-0.3, -0.25) is 11.3 Å². The quantitative estimate of drug-likeness (QED) is 0.553. The van der Waals surface area contributed by atoms with Crippen molar-refractivity contribution in [3.63, 3.8) is 0 Å². The van der Waals surface area contributed by atoms with Crippen LogP contribution in [-0.2, 0) is 9.84 Å². The molecule has 0 radical (unpaired) electrons. The Bertz CT molecular complexity index is 386. The Morgan fingerprint density at radius 3 is 2.81 bits per heavy atom. The van der Waals surface area contributed by atoms with E-state index in [4.69, 9.17) is 10.3 Å². The van der Waals surface area contributed by atoms with Gasteiger partial charge in [0.25, 0.3) is 0 Å². The predicted molar refractivity (Wildman–Crippen MR) is 62.3 cm³/mol. The van der Waals surface area contributed by atoms with Gasteiger partial charge in [-0.15, -0.1) is 0 Å². The van der Waals surface area contributed by atoms with E-state index < -0.39 is 9.84 Å². The third kappa shape index (κ3) is 3.96. The molecule has 1 unspecified atom stereocenters. The third-order valence-electron chi connectivity index (χ3n) is 2.53. The van der Waals surface area contributed by atoms with Gasteiger partial charge in [-0.25, -0.2) is 8.42 Å². The first-order valence-electron chi connectivity index (χ1n) is 5.27. The summed E-state index contributed by atoms with van der Waals surface area (Å²) in [5.74, 6) is 5.81. The van der Waals surface area contributed by atoms with Crippen molar-refractivity contribution >= 4 is 9.84 Å². The molecule has 0 aromatic carbocycles. The van der Waals surface area contributed by atoms with E-state index in [9.17, 15) is 8.42 Å². The summed E-state index contributed by atoms with van der Waals surface area (Å²) in [6.45, 7) is 1.66. The second-order valence-electron chi connectivity index (χ2n) is 3.65. The summed E-state index contributed by atoms with van der Waals surface area (Å²) >= 11 is 0. The monoisotopic (exact) mass is 246 g/mol. The van der Waals surface area contributed by atoms with Crippen LogP contribution in [0.1, 0.15) is 31.4 Å². The van der Waals surface area contributed by atoms with E-state index in [0.717, 1.165) is 5.56 Å². The van der Waals surface area contributed by atoms with Gasteiger partial charge in [-0.1, -0.05) is 6.92 Å². The molecular weight excluding hydrogens is 228 g/mol. The molecule has 0 fully saturated rings. The van der Waals surface area contributed by atoms with Crippen LogP contribution < -0.4 is 11.3 Å². The van der Waals surface area contributed by atoms with Crippen LogP contribution >= 0.6 is 0 Å². The fraction of sp³-hybridized carbons (Fsp3) is 0.600. The van der Waals surface area contributed by atoms with Crippen molar-refractivity contribution in [2.75, 3.05) is 11.5 Å². The van der Waals surface area contributed by atoms with Gasteiger partial charge in [0.05, 0.1) is 18.3 Å². The Hall–Kier alpha value is -0.850. The molecule has 0 saturated carbocycles. The first-order valence-corrected chi connectivity index (χ1v) is 7.10. The summed E-state index contributed by atoms with van der Waals surface area (Å²) in [6.07, 6.45) is 4.45. The second-order valence-corrected chi connectivity index (χ2v) is 6.13. The molecule has 1 heterocycles. The normalized spacial score (nSPS) is 13.9. The van der Waals surface area contributed by atoms with Gasteiger partial charge >= 0.3 is 0 Å². The number of hydrogen-bond donors (Lipinski definition) is 2. The molecule has 16 heavy (non-hydrogen) atoms. The van der Waals surface area contributed by atoms with E-state index in [1.165, 1.54) is 0 Å². The minimum atomic E-state index is -2.88. The molecule has 5 nitrogen and oxygen atoms in total. The van der Waals surface area contributed by atoms with Gasteiger partial charge in [-0.2, -0.15) is 0 Å². The standard InChI is InChI=1S/C10H18N2O3S/c1-2-16(13,14)7-3-4-10(12-11)9-5-6-15-8-9/h5-6,8,10,12H,2-4,7,11H2,1H3. The van der Waals surface area contributed by atoms with E-state index >= 15 is 0 Å². The average molecular weight is 246 g/mol. The molecule has 1 aromatic heterocycles. The Kier molecular flexibility index (Phi) is 4.98. The van der Waals surface area contributed by atoms with Crippen molar-refractivity contribution < 1.29 is 12.8 Å². The summed E-state index contributed by atoms with van der Waals surface area (Å²) in [4.78, 5) is 0. The van der Waals surface area contributed by atoms with Crippen molar-refractivity contribution in [3.8, 4) is 0 Å². The topological polar surface area (TPSA) is 85.3 Å². The average Bonchev–Trinajstić information content (AvgIpc) is 2.78. The molecule has 0 spiro atoms. The smallest absolute Gasteiger partial charge is 0.150 e. The van der Waals surface area contributed by atoms with Gasteiger partial charge in [0.1, 0.15) is 9.84 Å². The first kappa shape index (κ1) is 13.2. The maximum Gasteiger partial charge on any atom is 0.150 e. The van der Waals surface area contributed by atoms with Crippen LogP contribution in [0.3, 0.4) is 0 Å². The van der Waals surface area contributed by atoms with Crippen LogP contribution in [0, 0.1) is 0 Å². The predicted octanol–water partition coefficient (Wildman–Crippen LogP) is 0.999. The van der Waals surface area contributed by atoms with Gasteiger partial charge in [0.2, 0.25) is 0 Å². The van der Waals surface area contributed by atoms with Crippen molar-refractivity contribution in [2.45, 2.75) is 25.8 Å². The summed E-state index contributed by atoms with van der Waals surface area (Å²) in [7, 11) is -2.88. The van der Waals surface area contributed by atoms with Crippen molar-refractivity contribution in [1.29, 1.82) is 0 Å². The maximum atomic E-state index is 11.3. The Labute approximate surface area is 95.9 Å². The zero-order valence-corrected chi connectivity index (χ0v) is 10.2. The van der Waals surface area contributed by atoms with Crippen LogP contribution in [0.25, 0.3) is 0 Å². The lowest BCUT2D eigenvalue weighted by Crippen LogP contribution is -2.28. The molecule has 1 atom stereocenters. The molecule has 0 aliphatic carbocycles. The van der Waals surface area contributed by atoms with Crippen LogP contribution in [0.4, 0.5) is 0 Å². The van der Waals surface area contributed by atoms with E-state index in [2.05, 4.69) is 5.43 Å². The SMILES string of the molecule is CCS(=O)(=O)CCCC(NN)c1ccoc1. The van der Waals surface area contributed by atoms with Crippen LogP contribution in [-0.4, -0.2) is 19.9 Å². The lowest BCUT2D eigenvalue weighted by Gasteiger charge is -2.13. The number of rotatable bonds is 7. The largest absolute Gasteiger partial charge is 0.472 e. The van der Waals surface area contributed by atoms with Crippen LogP contribution in [0.15, 0.2) is 23.0 Å². The molecule has 1 aromatic rings. The zero-order valence-electron chi connectivity index (χ0n) is 9.35. The molecular formula is C10H18N2O3S. The fourth-order valence-electron chi connectivity index (χ4n) is 1.47. The lowest BCUT2D eigenvalue weighted by atomic mass is 10.1. The molecule has 0 aliphatic rings. The zero-order chi connectivity index (χ0) is 12.0. The van der Waals surface area contributed by atoms with Crippen molar-refractivity contribution in [2.24, 2.45) is 5.84 Å². The van der Waals surface area contributed by atoms with Crippen LogP contribution in [0.2, 0.25) is 0 Å². The first-order chi connectivity index (χ1) is 7.59. The third-order valence-corrected chi connectivity index (χ3v) is 4.33. The number of hydrogen-bond acceptors (Lipinski definition) is 5. The molecule has 6 heteroatoms. The number of sulfone groups is 1. The number of nitrogens with one attached hydrogen (secondary N) is 1. The number of nitrogens with two attached hydrogens (primary N) is 1. The van der Waals surface area contributed by atoms with Gasteiger partial charge in [0, 0.05) is 17.4 Å². The highest BCUT2D eigenvalue weighted by atomic mass is 32.2. The molecule has 0 amide bonds. The molecule has 92 valence electrons. The van der Waals surface area contributed by atoms with Crippen molar-refractivity contribution in [3.05, 3.63) is 24.2 Å². The lowest BCUT2D eigenvalue weighted by molar-refractivity contribution is 0.495. The Morgan fingerprint density at radius 2 is 2.31 bits per heavy atom. The number of hydrazine groups is 1. The highest BCUT2D eigenvalue weighted by Gasteiger charge is 2.13. The number of furan rings is 1. The van der Waals surface area contributed by atoms with Crippen molar-refractivity contribution in [1.82, 2.24) is 5.43 Å². The summed E-state index contributed by atoms with van der Waals surface area (Å²) in [5, 5.41) is 0. The molecule has 3 N–H and O–H groups in total. The van der Waals surface area contributed by atoms with Crippen LogP contribution in [0.5, 0.6) is 0 Å². The molecule has 0 aliphatic heterocycles. The van der Waals surface area contributed by atoms with Gasteiger partial charge in [-0.05, 0) is 18.9 Å². The minimum Gasteiger partial charge on any atom is -0.472 e. The summed E-state index contributed by atoms with van der Waals surface area (Å²) < 4.78 is 27.5. The minimum absolute atomic E-state index is 0.0502. The summed E-state index contributed by atoms with van der Waals surface area (Å²) in [5.41, 5.74) is 3.60. The van der Waals surface area contributed by atoms with E-state index in [1.54, 1.807) is 19.5 Å². The molecule has 0 bridgehead atoms. The van der Waals surface area contributed by atoms with E-state index in [-0.39, 0.29) is 17.5 Å².